The Bertz CT molecular complexity index is 644. The van der Waals surface area contributed by atoms with E-state index in [-0.39, 0.29) is 0 Å². The van der Waals surface area contributed by atoms with E-state index in [0.29, 0.717) is 11.2 Å². The molecule has 2 aromatic heterocycles. The van der Waals surface area contributed by atoms with Crippen molar-refractivity contribution in [2.45, 2.75) is 65.5 Å². The molecule has 3 heterocycles. The van der Waals surface area contributed by atoms with Crippen LogP contribution in [0.4, 0.5) is 0 Å². The number of hydrogen-bond acceptors (Lipinski definition) is 4. The highest BCUT2D eigenvalue weighted by atomic mass is 35.5. The lowest BCUT2D eigenvalue weighted by atomic mass is 10.0. The Hall–Kier alpha value is -1.33. The van der Waals surface area contributed by atoms with Crippen LogP contribution in [0.3, 0.4) is 0 Å². The van der Waals surface area contributed by atoms with Crippen molar-refractivity contribution in [2.75, 3.05) is 6.54 Å². The summed E-state index contributed by atoms with van der Waals surface area (Å²) in [5.41, 5.74) is 3.26. The topological polar surface area (TPSA) is 58.0 Å². The van der Waals surface area contributed by atoms with Gasteiger partial charge in [0.15, 0.2) is 5.15 Å². The quantitative estimate of drug-likeness (QED) is 0.852. The molecular formula is C17H25ClN4O. The molecule has 3 rings (SSSR count). The van der Waals surface area contributed by atoms with Gasteiger partial charge in [-0.15, -0.1) is 0 Å². The molecule has 1 fully saturated rings. The fraction of sp³-hybridized carbons (Fsp3) is 0.647. The van der Waals surface area contributed by atoms with Gasteiger partial charge in [0.2, 0.25) is 0 Å². The average molecular weight is 337 g/mol. The molecule has 1 N–H and O–H groups in total. The number of aromatic amines is 1. The number of aryl methyl sites for hydroxylation is 3. The highest BCUT2D eigenvalue weighted by molar-refractivity contribution is 6.30. The summed E-state index contributed by atoms with van der Waals surface area (Å²) in [5.74, 6) is 1.93. The summed E-state index contributed by atoms with van der Waals surface area (Å²) in [6.07, 6.45) is 5.58. The molecule has 5 nitrogen and oxygen atoms in total. The monoisotopic (exact) mass is 336 g/mol. The van der Waals surface area contributed by atoms with E-state index in [1.54, 1.807) is 0 Å². The number of imidazole rings is 1. The van der Waals surface area contributed by atoms with Crippen molar-refractivity contribution in [2.24, 2.45) is 0 Å². The van der Waals surface area contributed by atoms with Gasteiger partial charge >= 0.3 is 0 Å². The Morgan fingerprint density at radius 3 is 2.91 bits per heavy atom. The Morgan fingerprint density at radius 2 is 2.22 bits per heavy atom. The summed E-state index contributed by atoms with van der Waals surface area (Å²) in [7, 11) is 0. The number of halogens is 1. The van der Waals surface area contributed by atoms with Gasteiger partial charge in [0.25, 0.3) is 0 Å². The average Bonchev–Trinajstić information content (AvgIpc) is 3.19. The fourth-order valence-corrected chi connectivity index (χ4v) is 3.73. The number of H-pyrrole nitrogens is 1. The molecule has 1 aliphatic heterocycles. The second-order valence-electron chi connectivity index (χ2n) is 6.42. The van der Waals surface area contributed by atoms with Crippen LogP contribution in [0, 0.1) is 13.8 Å². The van der Waals surface area contributed by atoms with Crippen LogP contribution in [0.1, 0.15) is 67.2 Å². The van der Waals surface area contributed by atoms with Crippen molar-refractivity contribution in [3.8, 4) is 0 Å². The van der Waals surface area contributed by atoms with E-state index in [1.807, 2.05) is 13.8 Å². The standard InChI is InChI=1S/C17H25ClN4O/c1-4-5-8-15-19-13(17(18)20-15)10-22-9-6-7-14(22)16-11(2)21-23-12(16)3/h14H,4-10H2,1-3H3,(H,19,20)/t14-/m0/s1. The Labute approximate surface area is 142 Å². The molecule has 23 heavy (non-hydrogen) atoms. The smallest absolute Gasteiger partial charge is 0.151 e. The van der Waals surface area contributed by atoms with Crippen LogP contribution >= 0.6 is 11.6 Å². The van der Waals surface area contributed by atoms with E-state index in [9.17, 15) is 0 Å². The van der Waals surface area contributed by atoms with Gasteiger partial charge in [-0.1, -0.05) is 30.1 Å². The first-order valence-corrected chi connectivity index (χ1v) is 8.88. The first-order valence-electron chi connectivity index (χ1n) is 8.50. The van der Waals surface area contributed by atoms with Crippen molar-refractivity contribution in [3.05, 3.63) is 33.7 Å². The molecule has 0 saturated carbocycles. The molecule has 1 saturated heterocycles. The molecule has 0 aromatic carbocycles. The van der Waals surface area contributed by atoms with Gasteiger partial charge in [0.05, 0.1) is 11.4 Å². The van der Waals surface area contributed by atoms with E-state index in [0.717, 1.165) is 61.7 Å². The molecule has 0 spiro atoms. The van der Waals surface area contributed by atoms with E-state index >= 15 is 0 Å². The zero-order valence-electron chi connectivity index (χ0n) is 14.2. The molecule has 1 atom stereocenters. The normalized spacial score (nSPS) is 18.9. The SMILES string of the molecule is CCCCc1nc(Cl)c(CN2CCC[C@H]2c2c(C)noc2C)[nH]1. The summed E-state index contributed by atoms with van der Waals surface area (Å²) in [4.78, 5) is 10.3. The Balaban J connectivity index is 1.75. The van der Waals surface area contributed by atoms with Gasteiger partial charge in [0.1, 0.15) is 11.6 Å². The van der Waals surface area contributed by atoms with Crippen LogP contribution < -0.4 is 0 Å². The number of aromatic nitrogens is 3. The third-order valence-corrected chi connectivity index (χ3v) is 5.00. The number of likely N-dealkylation sites (tertiary alicyclic amines) is 1. The molecule has 6 heteroatoms. The maximum Gasteiger partial charge on any atom is 0.151 e. The second kappa shape index (κ2) is 7.05. The molecule has 1 aliphatic rings. The number of unbranched alkanes of at least 4 members (excludes halogenated alkanes) is 1. The predicted molar refractivity (Wildman–Crippen MR) is 90.6 cm³/mol. The van der Waals surface area contributed by atoms with E-state index < -0.39 is 0 Å². The Kier molecular flexibility index (Phi) is 5.07. The molecule has 0 unspecified atom stereocenters. The van der Waals surface area contributed by atoms with E-state index in [2.05, 4.69) is 26.9 Å². The molecule has 2 aromatic rings. The molecule has 126 valence electrons. The number of nitrogens with zero attached hydrogens (tertiary/aromatic N) is 3. The zero-order valence-corrected chi connectivity index (χ0v) is 14.9. The lowest BCUT2D eigenvalue weighted by Gasteiger charge is -2.23. The van der Waals surface area contributed by atoms with Gasteiger partial charge in [-0.3, -0.25) is 4.90 Å². The highest BCUT2D eigenvalue weighted by Gasteiger charge is 2.31. The number of hydrogen-bond donors (Lipinski definition) is 1. The van der Waals surface area contributed by atoms with Gasteiger partial charge < -0.3 is 9.51 Å². The van der Waals surface area contributed by atoms with Crippen molar-refractivity contribution in [1.82, 2.24) is 20.0 Å². The molecular weight excluding hydrogens is 312 g/mol. The first-order chi connectivity index (χ1) is 11.1. The summed E-state index contributed by atoms with van der Waals surface area (Å²) < 4.78 is 5.36. The Morgan fingerprint density at radius 1 is 1.39 bits per heavy atom. The van der Waals surface area contributed by atoms with Crippen LogP contribution in [-0.2, 0) is 13.0 Å². The maximum absolute atomic E-state index is 6.34. The van der Waals surface area contributed by atoms with Gasteiger partial charge in [-0.05, 0) is 39.7 Å². The molecule has 0 amide bonds. The first kappa shape index (κ1) is 16.5. The van der Waals surface area contributed by atoms with Gasteiger partial charge in [0, 0.05) is 24.6 Å². The van der Waals surface area contributed by atoms with Gasteiger partial charge in [-0.25, -0.2) is 4.98 Å². The zero-order chi connectivity index (χ0) is 16.4. The minimum atomic E-state index is 0.361. The summed E-state index contributed by atoms with van der Waals surface area (Å²) in [6.45, 7) is 8.07. The number of rotatable bonds is 6. The van der Waals surface area contributed by atoms with Crippen molar-refractivity contribution < 1.29 is 4.52 Å². The highest BCUT2D eigenvalue weighted by Crippen LogP contribution is 2.36. The lowest BCUT2D eigenvalue weighted by molar-refractivity contribution is 0.243. The third kappa shape index (κ3) is 3.45. The summed E-state index contributed by atoms with van der Waals surface area (Å²) in [5, 5.41) is 4.72. The fourth-order valence-electron chi connectivity index (χ4n) is 3.52. The molecule has 0 radical (unpaired) electrons. The number of nitrogens with one attached hydrogen (secondary N) is 1. The van der Waals surface area contributed by atoms with Crippen molar-refractivity contribution in [1.29, 1.82) is 0 Å². The van der Waals surface area contributed by atoms with Crippen LogP contribution in [0.5, 0.6) is 0 Å². The second-order valence-corrected chi connectivity index (χ2v) is 6.78. The lowest BCUT2D eigenvalue weighted by Crippen LogP contribution is -2.23. The van der Waals surface area contributed by atoms with Crippen molar-refractivity contribution in [3.63, 3.8) is 0 Å². The predicted octanol–water partition coefficient (Wildman–Crippen LogP) is 4.35. The van der Waals surface area contributed by atoms with E-state index in [4.69, 9.17) is 16.1 Å². The van der Waals surface area contributed by atoms with Crippen LogP contribution in [0.2, 0.25) is 5.15 Å². The maximum atomic E-state index is 6.34. The van der Waals surface area contributed by atoms with Crippen molar-refractivity contribution >= 4 is 11.6 Å². The third-order valence-electron chi connectivity index (χ3n) is 4.69. The summed E-state index contributed by atoms with van der Waals surface area (Å²) in [6, 6.07) is 0.361. The van der Waals surface area contributed by atoms with Crippen LogP contribution in [0.15, 0.2) is 4.52 Å². The van der Waals surface area contributed by atoms with E-state index in [1.165, 1.54) is 12.0 Å². The minimum Gasteiger partial charge on any atom is -0.361 e. The van der Waals surface area contributed by atoms with Crippen LogP contribution in [0.25, 0.3) is 0 Å². The minimum absolute atomic E-state index is 0.361. The summed E-state index contributed by atoms with van der Waals surface area (Å²) >= 11 is 6.34. The van der Waals surface area contributed by atoms with Gasteiger partial charge in [-0.2, -0.15) is 0 Å². The molecule has 0 bridgehead atoms. The van der Waals surface area contributed by atoms with Crippen LogP contribution in [-0.4, -0.2) is 26.6 Å². The molecule has 0 aliphatic carbocycles. The largest absolute Gasteiger partial charge is 0.361 e.